The van der Waals surface area contributed by atoms with Gasteiger partial charge in [0, 0.05) is 12.1 Å². The molecule has 0 N–H and O–H groups in total. The summed E-state index contributed by atoms with van der Waals surface area (Å²) in [4.78, 5) is 19.5. The van der Waals surface area contributed by atoms with Gasteiger partial charge in [-0.25, -0.2) is 9.97 Å². The van der Waals surface area contributed by atoms with E-state index in [1.54, 1.807) is 13.2 Å². The van der Waals surface area contributed by atoms with Gasteiger partial charge in [-0.3, -0.25) is 10.1 Å². The number of ether oxygens (including phenoxy) is 3. The van der Waals surface area contributed by atoms with Gasteiger partial charge in [0.2, 0.25) is 0 Å². The van der Waals surface area contributed by atoms with E-state index in [9.17, 15) is 10.1 Å². The van der Waals surface area contributed by atoms with Crippen molar-refractivity contribution < 1.29 is 19.1 Å². The number of nitro benzene ring substituents is 1. The normalized spacial score (nSPS) is 11.1. The lowest BCUT2D eigenvalue weighted by atomic mass is 10.1. The highest BCUT2D eigenvalue weighted by atomic mass is 32.1. The number of non-ortho nitro benzene ring substituents is 1. The molecule has 6 rings (SSSR count). The molecule has 0 spiro atoms. The number of methoxy groups -OCH3 is 1. The van der Waals surface area contributed by atoms with Crippen LogP contribution in [0.1, 0.15) is 0 Å². The van der Waals surface area contributed by atoms with Crippen molar-refractivity contribution in [3.8, 4) is 38.8 Å². The molecule has 10 heteroatoms. The second-order valence-corrected chi connectivity index (χ2v) is 9.86. The van der Waals surface area contributed by atoms with Crippen molar-refractivity contribution in [2.45, 2.75) is 0 Å². The number of nitrogens with zero attached hydrogens (tertiary/aromatic N) is 3. The summed E-state index contributed by atoms with van der Waals surface area (Å²) in [6, 6.07) is 26.6. The molecule has 0 fully saturated rings. The van der Waals surface area contributed by atoms with Gasteiger partial charge < -0.3 is 14.2 Å². The second kappa shape index (κ2) is 9.49. The number of hydrogen-bond acceptors (Lipinski definition) is 9. The molecule has 0 bridgehead atoms. The first-order chi connectivity index (χ1) is 18.0. The Bertz CT molecular complexity index is 1760. The Kier molecular flexibility index (Phi) is 5.87. The van der Waals surface area contributed by atoms with E-state index in [-0.39, 0.29) is 5.69 Å². The highest BCUT2D eigenvalue weighted by molar-refractivity contribution is 7.20. The topological polar surface area (TPSA) is 96.6 Å². The molecule has 1 radical (unpaired) electrons. The molecular weight excluding hydrogens is 510 g/mol. The average molecular weight is 527 g/mol. The van der Waals surface area contributed by atoms with Crippen molar-refractivity contribution in [3.05, 3.63) is 95.0 Å². The Morgan fingerprint density at radius 3 is 2.14 bits per heavy atom. The average Bonchev–Trinajstić information content (AvgIpc) is 3.50. The zero-order valence-corrected chi connectivity index (χ0v) is 20.8. The van der Waals surface area contributed by atoms with Crippen molar-refractivity contribution in [3.63, 3.8) is 0 Å². The van der Waals surface area contributed by atoms with Crippen LogP contribution in [-0.2, 0) is 0 Å². The monoisotopic (exact) mass is 526 g/mol. The van der Waals surface area contributed by atoms with Crippen LogP contribution in [0.25, 0.3) is 31.6 Å². The van der Waals surface area contributed by atoms with Crippen molar-refractivity contribution >= 4 is 48.8 Å². The van der Waals surface area contributed by atoms with Gasteiger partial charge in [0.05, 0.1) is 32.5 Å². The largest absolute Gasteiger partial charge is 0.497 e. The lowest BCUT2D eigenvalue weighted by Gasteiger charge is -2.07. The minimum atomic E-state index is -0.425. The van der Waals surface area contributed by atoms with Crippen molar-refractivity contribution in [1.82, 2.24) is 9.97 Å². The molecule has 2 aromatic heterocycles. The highest BCUT2D eigenvalue weighted by Crippen LogP contribution is 2.36. The number of aromatic nitrogens is 2. The van der Waals surface area contributed by atoms with Gasteiger partial charge >= 0.3 is 0 Å². The molecule has 0 aliphatic heterocycles. The first-order valence-corrected chi connectivity index (χ1v) is 12.6. The first kappa shape index (κ1) is 22.9. The fourth-order valence-corrected chi connectivity index (χ4v) is 5.42. The van der Waals surface area contributed by atoms with E-state index in [2.05, 4.69) is 16.0 Å². The number of thiazole rings is 2. The summed E-state index contributed by atoms with van der Waals surface area (Å²) in [5.74, 6) is 2.04. The molecule has 0 amide bonds. The fourth-order valence-electron chi connectivity index (χ4n) is 3.68. The number of fused-ring (bicyclic) bond motifs is 2. The Morgan fingerprint density at radius 1 is 0.784 bits per heavy atom. The summed E-state index contributed by atoms with van der Waals surface area (Å²) >= 11 is 2.71. The van der Waals surface area contributed by atoms with E-state index in [1.165, 1.54) is 34.8 Å². The molecule has 0 aliphatic carbocycles. The van der Waals surface area contributed by atoms with Gasteiger partial charge in [-0.05, 0) is 65.7 Å². The van der Waals surface area contributed by atoms with Gasteiger partial charge in [0.1, 0.15) is 17.2 Å². The van der Waals surface area contributed by atoms with Crippen molar-refractivity contribution in [1.29, 1.82) is 0 Å². The molecule has 0 aliphatic rings. The van der Waals surface area contributed by atoms with Crippen LogP contribution in [-0.4, -0.2) is 22.0 Å². The van der Waals surface area contributed by atoms with Crippen LogP contribution in [0.3, 0.4) is 0 Å². The second-order valence-electron chi connectivity index (χ2n) is 7.87. The summed E-state index contributed by atoms with van der Waals surface area (Å²) in [7, 11) is 1.64. The maximum Gasteiger partial charge on any atom is 0.279 e. The predicted molar refractivity (Wildman–Crippen MR) is 143 cm³/mol. The van der Waals surface area contributed by atoms with Gasteiger partial charge in [-0.1, -0.05) is 40.9 Å². The molecule has 37 heavy (non-hydrogen) atoms. The summed E-state index contributed by atoms with van der Waals surface area (Å²) in [5.41, 5.74) is 3.33. The van der Waals surface area contributed by atoms with E-state index < -0.39 is 4.92 Å². The van der Waals surface area contributed by atoms with Crippen LogP contribution in [0.15, 0.2) is 78.9 Å². The minimum absolute atomic E-state index is 0.0258. The van der Waals surface area contributed by atoms with E-state index in [0.29, 0.717) is 32.1 Å². The van der Waals surface area contributed by atoms with Gasteiger partial charge in [0.15, 0.2) is 0 Å². The molecule has 0 saturated carbocycles. The third kappa shape index (κ3) is 4.80. The molecule has 0 unspecified atom stereocenters. The van der Waals surface area contributed by atoms with E-state index in [1.807, 2.05) is 60.7 Å². The van der Waals surface area contributed by atoms with Crippen LogP contribution >= 0.6 is 22.7 Å². The van der Waals surface area contributed by atoms with Crippen molar-refractivity contribution in [2.24, 2.45) is 0 Å². The Labute approximate surface area is 218 Å². The molecule has 6 aromatic rings. The third-order valence-electron chi connectivity index (χ3n) is 5.49. The minimum Gasteiger partial charge on any atom is -0.497 e. The Balaban J connectivity index is 1.18. The molecule has 0 saturated heterocycles. The summed E-state index contributed by atoms with van der Waals surface area (Å²) < 4.78 is 18.9. The Hall–Kier alpha value is -4.54. The van der Waals surface area contributed by atoms with Crippen molar-refractivity contribution in [2.75, 3.05) is 7.11 Å². The fraction of sp³-hybridized carbons (Fsp3) is 0.0370. The van der Waals surface area contributed by atoms with E-state index >= 15 is 0 Å². The predicted octanol–water partition coefficient (Wildman–Crippen LogP) is 7.87. The smallest absolute Gasteiger partial charge is 0.279 e. The lowest BCUT2D eigenvalue weighted by molar-refractivity contribution is -0.384. The highest BCUT2D eigenvalue weighted by Gasteiger charge is 2.12. The van der Waals surface area contributed by atoms with Crippen LogP contribution in [0, 0.1) is 16.2 Å². The number of nitro groups is 1. The Morgan fingerprint density at radius 2 is 1.43 bits per heavy atom. The third-order valence-corrected chi connectivity index (χ3v) is 7.28. The molecule has 0 atom stereocenters. The first-order valence-electron chi connectivity index (χ1n) is 11.0. The van der Waals surface area contributed by atoms with E-state index in [4.69, 9.17) is 14.2 Å². The summed E-state index contributed by atoms with van der Waals surface area (Å²) in [5, 5.41) is 12.0. The molecule has 8 nitrogen and oxygen atoms in total. The standard InChI is InChI=1S/C27H16N3O5S2/c1-33-20-10-12-23-25(15-20)37-27(29-23)35-21-4-2-3-17(13-21)16-5-8-19(9-6-16)34-26-28-22-11-7-18(30(31)32)14-24(22)36-26/h2,4-15H,1H3. The van der Waals surface area contributed by atoms with Gasteiger partial charge in [0.25, 0.3) is 16.1 Å². The molecule has 2 heterocycles. The lowest BCUT2D eigenvalue weighted by Crippen LogP contribution is -1.86. The zero-order valence-electron chi connectivity index (χ0n) is 19.2. The molecular formula is C27H16N3O5S2. The number of benzene rings is 4. The number of rotatable bonds is 7. The maximum absolute atomic E-state index is 11.0. The van der Waals surface area contributed by atoms with Crippen LogP contribution in [0.4, 0.5) is 5.69 Å². The number of hydrogen-bond donors (Lipinski definition) is 0. The maximum atomic E-state index is 11.0. The molecule has 4 aromatic carbocycles. The molecule has 181 valence electrons. The van der Waals surface area contributed by atoms with Crippen LogP contribution in [0.2, 0.25) is 0 Å². The quantitative estimate of drug-likeness (QED) is 0.154. The SMILES string of the molecule is COc1ccc2nc(Oc3cc[c]c(-c4ccc(Oc5nc6ccc([N+](=O)[O-])cc6s5)cc4)c3)sc2c1. The van der Waals surface area contributed by atoms with Crippen LogP contribution in [0.5, 0.6) is 27.6 Å². The van der Waals surface area contributed by atoms with E-state index in [0.717, 1.165) is 27.1 Å². The zero-order chi connectivity index (χ0) is 25.4. The summed E-state index contributed by atoms with van der Waals surface area (Å²) in [6.45, 7) is 0. The van der Waals surface area contributed by atoms with Gasteiger partial charge in [-0.2, -0.15) is 0 Å². The van der Waals surface area contributed by atoms with Gasteiger partial charge in [-0.15, -0.1) is 0 Å². The summed E-state index contributed by atoms with van der Waals surface area (Å²) in [6.07, 6.45) is 0. The van der Waals surface area contributed by atoms with Crippen LogP contribution < -0.4 is 14.2 Å².